The molecule has 1 fully saturated rings. The minimum atomic E-state index is 0.196. The third kappa shape index (κ3) is 3.88. The van der Waals surface area contributed by atoms with E-state index in [1.165, 1.54) is 37.0 Å². The summed E-state index contributed by atoms with van der Waals surface area (Å²) in [6.07, 6.45) is 6.60. The lowest BCUT2D eigenvalue weighted by atomic mass is 9.72. The second-order valence-corrected chi connectivity index (χ2v) is 8.30. The fourth-order valence-corrected chi connectivity index (χ4v) is 4.94. The average Bonchev–Trinajstić information content (AvgIpc) is 2.99. The Morgan fingerprint density at radius 2 is 2.19 bits per heavy atom. The topological polar surface area (TPSA) is 29.3 Å². The summed E-state index contributed by atoms with van der Waals surface area (Å²) in [5.41, 5.74) is 6.48. The number of rotatable bonds is 6. The molecule has 0 saturated heterocycles. The predicted molar refractivity (Wildman–Crippen MR) is 93.7 cm³/mol. The van der Waals surface area contributed by atoms with Crippen molar-refractivity contribution in [2.45, 2.75) is 64.5 Å². The molecule has 21 heavy (non-hydrogen) atoms. The lowest BCUT2D eigenvalue weighted by Crippen LogP contribution is -2.55. The molecule has 1 aromatic rings. The van der Waals surface area contributed by atoms with Gasteiger partial charge in [0.15, 0.2) is 0 Å². The Morgan fingerprint density at radius 3 is 2.76 bits per heavy atom. The van der Waals surface area contributed by atoms with E-state index < -0.39 is 0 Å². The van der Waals surface area contributed by atoms with Gasteiger partial charge in [0, 0.05) is 23.0 Å². The van der Waals surface area contributed by atoms with E-state index in [1.807, 2.05) is 11.3 Å². The van der Waals surface area contributed by atoms with Gasteiger partial charge in [-0.25, -0.2) is 0 Å². The SMILES string of the molecule is CC(C)CC1CCCC(CN)(N(C)C(C)c2cccs2)C1. The molecular formula is C18H32N2S. The van der Waals surface area contributed by atoms with Gasteiger partial charge in [0.05, 0.1) is 0 Å². The molecule has 2 N–H and O–H groups in total. The molecule has 2 nitrogen and oxygen atoms in total. The van der Waals surface area contributed by atoms with Crippen molar-refractivity contribution in [1.82, 2.24) is 4.90 Å². The van der Waals surface area contributed by atoms with Gasteiger partial charge in [0.1, 0.15) is 0 Å². The molecule has 0 bridgehead atoms. The quantitative estimate of drug-likeness (QED) is 0.827. The molecule has 1 aromatic heterocycles. The van der Waals surface area contributed by atoms with Gasteiger partial charge < -0.3 is 5.73 Å². The summed E-state index contributed by atoms with van der Waals surface area (Å²) in [5.74, 6) is 1.64. The van der Waals surface area contributed by atoms with Crippen molar-refractivity contribution >= 4 is 11.3 Å². The molecule has 0 amide bonds. The zero-order valence-corrected chi connectivity index (χ0v) is 15.0. The fourth-order valence-electron chi connectivity index (χ4n) is 4.11. The van der Waals surface area contributed by atoms with E-state index in [9.17, 15) is 0 Å². The smallest absolute Gasteiger partial charge is 0.0416 e. The lowest BCUT2D eigenvalue weighted by molar-refractivity contribution is 0.0255. The van der Waals surface area contributed by atoms with E-state index in [1.54, 1.807) is 0 Å². The highest BCUT2D eigenvalue weighted by molar-refractivity contribution is 7.10. The monoisotopic (exact) mass is 308 g/mol. The Balaban J connectivity index is 2.12. The van der Waals surface area contributed by atoms with Crippen LogP contribution >= 0.6 is 11.3 Å². The van der Waals surface area contributed by atoms with Crippen molar-refractivity contribution in [3.63, 3.8) is 0 Å². The highest BCUT2D eigenvalue weighted by Gasteiger charge is 2.40. The molecule has 0 radical (unpaired) electrons. The lowest BCUT2D eigenvalue weighted by Gasteiger charge is -2.49. The molecule has 0 aromatic carbocycles. The molecular weight excluding hydrogens is 276 g/mol. The summed E-state index contributed by atoms with van der Waals surface area (Å²) in [5, 5.41) is 2.18. The Morgan fingerprint density at radius 1 is 1.43 bits per heavy atom. The molecule has 2 rings (SSSR count). The summed E-state index contributed by atoms with van der Waals surface area (Å²) < 4.78 is 0. The number of nitrogens with two attached hydrogens (primary N) is 1. The van der Waals surface area contributed by atoms with E-state index in [-0.39, 0.29) is 5.54 Å². The molecule has 1 aliphatic carbocycles. The van der Waals surface area contributed by atoms with Gasteiger partial charge in [-0.1, -0.05) is 32.8 Å². The summed E-state index contributed by atoms with van der Waals surface area (Å²) in [6, 6.07) is 4.87. The van der Waals surface area contributed by atoms with E-state index in [0.29, 0.717) is 6.04 Å². The van der Waals surface area contributed by atoms with Gasteiger partial charge >= 0.3 is 0 Å². The molecule has 0 spiro atoms. The second kappa shape index (κ2) is 7.26. The van der Waals surface area contributed by atoms with Gasteiger partial charge in [-0.05, 0) is 56.5 Å². The Labute approximate surface area is 134 Å². The van der Waals surface area contributed by atoms with Gasteiger partial charge in [-0.2, -0.15) is 0 Å². The number of likely N-dealkylation sites (N-methyl/N-ethyl adjacent to an activating group) is 1. The largest absolute Gasteiger partial charge is 0.329 e. The van der Waals surface area contributed by atoms with Crippen LogP contribution < -0.4 is 5.73 Å². The first-order valence-electron chi connectivity index (χ1n) is 8.45. The van der Waals surface area contributed by atoms with Crippen LogP contribution in [0.4, 0.5) is 0 Å². The third-order valence-corrected chi connectivity index (χ3v) is 6.43. The minimum absolute atomic E-state index is 0.196. The van der Waals surface area contributed by atoms with Crippen LogP contribution in [0.1, 0.15) is 63.8 Å². The molecule has 3 heteroatoms. The van der Waals surface area contributed by atoms with Crippen LogP contribution in [0.25, 0.3) is 0 Å². The van der Waals surface area contributed by atoms with Crippen LogP contribution in [0.5, 0.6) is 0 Å². The highest BCUT2D eigenvalue weighted by Crippen LogP contribution is 2.42. The standard InChI is InChI=1S/C18H32N2S/c1-14(2)11-16-7-5-9-18(12-16,13-19)20(4)15(3)17-8-6-10-21-17/h6,8,10,14-16H,5,7,9,11-13,19H2,1-4H3. The summed E-state index contributed by atoms with van der Waals surface area (Å²) in [4.78, 5) is 4.03. The van der Waals surface area contributed by atoms with Crippen LogP contribution in [0.2, 0.25) is 0 Å². The van der Waals surface area contributed by atoms with Crippen LogP contribution in [0.15, 0.2) is 17.5 Å². The van der Waals surface area contributed by atoms with Crippen LogP contribution in [-0.2, 0) is 0 Å². The van der Waals surface area contributed by atoms with E-state index >= 15 is 0 Å². The number of hydrogen-bond acceptors (Lipinski definition) is 3. The average molecular weight is 309 g/mol. The Bertz CT molecular complexity index is 415. The summed E-state index contributed by atoms with van der Waals surface area (Å²) in [7, 11) is 2.29. The van der Waals surface area contributed by atoms with Crippen LogP contribution in [0.3, 0.4) is 0 Å². The maximum atomic E-state index is 6.29. The molecule has 120 valence electrons. The van der Waals surface area contributed by atoms with Crippen molar-refractivity contribution in [2.24, 2.45) is 17.6 Å². The Hall–Kier alpha value is -0.380. The van der Waals surface area contributed by atoms with Crippen molar-refractivity contribution in [2.75, 3.05) is 13.6 Å². The first-order valence-corrected chi connectivity index (χ1v) is 9.33. The predicted octanol–water partition coefficient (Wildman–Crippen LogP) is 4.67. The first-order chi connectivity index (χ1) is 9.98. The maximum Gasteiger partial charge on any atom is 0.0416 e. The fraction of sp³-hybridized carbons (Fsp3) is 0.778. The van der Waals surface area contributed by atoms with Crippen LogP contribution in [-0.4, -0.2) is 24.0 Å². The molecule has 1 saturated carbocycles. The molecule has 1 heterocycles. The van der Waals surface area contributed by atoms with E-state index in [4.69, 9.17) is 5.73 Å². The highest BCUT2D eigenvalue weighted by atomic mass is 32.1. The normalized spacial score (nSPS) is 28.2. The van der Waals surface area contributed by atoms with Gasteiger partial charge in [0.2, 0.25) is 0 Å². The maximum absolute atomic E-state index is 6.29. The van der Waals surface area contributed by atoms with Crippen molar-refractivity contribution in [3.05, 3.63) is 22.4 Å². The van der Waals surface area contributed by atoms with Gasteiger partial charge in [-0.3, -0.25) is 4.90 Å². The van der Waals surface area contributed by atoms with E-state index in [2.05, 4.69) is 50.2 Å². The first kappa shape index (κ1) is 17.0. The van der Waals surface area contributed by atoms with Crippen molar-refractivity contribution in [1.29, 1.82) is 0 Å². The molecule has 3 atom stereocenters. The van der Waals surface area contributed by atoms with Gasteiger partial charge in [-0.15, -0.1) is 11.3 Å². The Kier molecular flexibility index (Phi) is 5.87. The molecule has 1 aliphatic rings. The molecule has 0 aliphatic heterocycles. The minimum Gasteiger partial charge on any atom is -0.329 e. The summed E-state index contributed by atoms with van der Waals surface area (Å²) >= 11 is 1.86. The zero-order valence-electron chi connectivity index (χ0n) is 14.1. The number of nitrogens with zero attached hydrogens (tertiary/aromatic N) is 1. The van der Waals surface area contributed by atoms with E-state index in [0.717, 1.165) is 18.4 Å². The molecule has 3 unspecified atom stereocenters. The summed E-state index contributed by atoms with van der Waals surface area (Å²) in [6.45, 7) is 7.80. The third-order valence-electron chi connectivity index (χ3n) is 5.39. The van der Waals surface area contributed by atoms with Gasteiger partial charge in [0.25, 0.3) is 0 Å². The second-order valence-electron chi connectivity index (χ2n) is 7.32. The number of hydrogen-bond donors (Lipinski definition) is 1. The van der Waals surface area contributed by atoms with Crippen LogP contribution in [0, 0.1) is 11.8 Å². The van der Waals surface area contributed by atoms with Crippen molar-refractivity contribution in [3.8, 4) is 0 Å². The number of thiophene rings is 1. The zero-order chi connectivity index (χ0) is 15.5. The van der Waals surface area contributed by atoms with Crippen molar-refractivity contribution < 1.29 is 0 Å².